The fraction of sp³-hybridized carbons (Fsp3) is 0.583. The average molecular weight is 320 g/mol. The van der Waals surface area contributed by atoms with E-state index in [-0.39, 0.29) is 11.7 Å². The second kappa shape index (κ2) is 7.54. The van der Waals surface area contributed by atoms with Crippen molar-refractivity contribution >= 4 is 35.2 Å². The number of halogens is 1. The fourth-order valence-corrected chi connectivity index (χ4v) is 3.21. The van der Waals surface area contributed by atoms with E-state index in [9.17, 15) is 9.59 Å². The summed E-state index contributed by atoms with van der Waals surface area (Å²) in [7, 11) is 1.81. The van der Waals surface area contributed by atoms with Gasteiger partial charge in [-0.15, -0.1) is 0 Å². The molecule has 1 amide bonds. The first-order valence-corrected chi connectivity index (χ1v) is 7.68. The molecule has 0 aliphatic rings. The number of rotatable bonds is 7. The molecule has 0 bridgehead atoms. The molecule has 20 heavy (non-hydrogen) atoms. The number of carboxylic acid groups (broad SMARTS) is 1. The van der Waals surface area contributed by atoms with Crippen molar-refractivity contribution in [3.63, 3.8) is 0 Å². The third kappa shape index (κ3) is 4.42. The highest BCUT2D eigenvalue weighted by atomic mass is 35.5. The second-order valence-corrected chi connectivity index (χ2v) is 5.70. The second-order valence-electron chi connectivity index (χ2n) is 4.29. The zero-order chi connectivity index (χ0) is 15.3. The largest absolute Gasteiger partial charge is 0.480 e. The number of nitrogens with zero attached hydrogens (tertiary/aromatic N) is 2. The number of aromatic nitrogens is 2. The topological polar surface area (TPSA) is 84.2 Å². The molecule has 0 saturated carbocycles. The Morgan fingerprint density at radius 1 is 1.55 bits per heavy atom. The molecule has 1 aromatic rings. The number of amides is 1. The molecule has 0 saturated heterocycles. The number of aliphatic carboxylic acids is 1. The van der Waals surface area contributed by atoms with Crippen molar-refractivity contribution in [3.05, 3.63) is 16.4 Å². The van der Waals surface area contributed by atoms with Gasteiger partial charge in [-0.1, -0.05) is 18.5 Å². The molecule has 8 heteroatoms. The van der Waals surface area contributed by atoms with Gasteiger partial charge in [0.15, 0.2) is 0 Å². The number of nitrogens with one attached hydrogen (secondary N) is 1. The van der Waals surface area contributed by atoms with E-state index in [2.05, 4.69) is 10.4 Å². The summed E-state index contributed by atoms with van der Waals surface area (Å²) >= 11 is 7.61. The van der Waals surface area contributed by atoms with Crippen molar-refractivity contribution in [1.29, 1.82) is 0 Å². The van der Waals surface area contributed by atoms with E-state index in [0.29, 0.717) is 10.8 Å². The molecule has 6 nitrogen and oxygen atoms in total. The Kier molecular flexibility index (Phi) is 6.35. The highest BCUT2D eigenvalue weighted by Crippen LogP contribution is 2.25. The van der Waals surface area contributed by atoms with Crippen molar-refractivity contribution in [2.24, 2.45) is 7.05 Å². The van der Waals surface area contributed by atoms with Crippen LogP contribution in [0.15, 0.2) is 0 Å². The predicted octanol–water partition coefficient (Wildman–Crippen LogP) is 1.46. The number of carbonyl (C=O) groups is 2. The third-order valence-electron chi connectivity index (χ3n) is 2.70. The van der Waals surface area contributed by atoms with E-state index in [4.69, 9.17) is 16.7 Å². The lowest BCUT2D eigenvalue weighted by molar-refractivity contribution is -0.140. The molecule has 0 aliphatic heterocycles. The Hall–Kier alpha value is -1.21. The van der Waals surface area contributed by atoms with Crippen LogP contribution in [-0.4, -0.2) is 38.6 Å². The first-order valence-electron chi connectivity index (χ1n) is 6.14. The van der Waals surface area contributed by atoms with Crippen LogP contribution in [0.25, 0.3) is 0 Å². The summed E-state index contributed by atoms with van der Waals surface area (Å²) in [4.78, 5) is 21.9. The molecule has 0 aliphatic carbocycles. The van der Waals surface area contributed by atoms with Crippen LogP contribution < -0.4 is 5.32 Å². The molecule has 0 aromatic carbocycles. The van der Waals surface area contributed by atoms with Crippen molar-refractivity contribution in [3.8, 4) is 0 Å². The Morgan fingerprint density at radius 3 is 2.65 bits per heavy atom. The number of carboxylic acids is 1. The van der Waals surface area contributed by atoms with Crippen LogP contribution in [0.5, 0.6) is 0 Å². The molecule has 0 spiro atoms. The normalized spacial score (nSPS) is 12.2. The summed E-state index contributed by atoms with van der Waals surface area (Å²) < 4.78 is 1.71. The van der Waals surface area contributed by atoms with E-state index in [0.717, 1.165) is 17.8 Å². The highest BCUT2D eigenvalue weighted by molar-refractivity contribution is 7.98. The van der Waals surface area contributed by atoms with Crippen LogP contribution in [0, 0.1) is 0 Å². The molecule has 1 heterocycles. The lowest BCUT2D eigenvalue weighted by Gasteiger charge is -2.12. The number of hydrogen-bond donors (Lipinski definition) is 2. The summed E-state index contributed by atoms with van der Waals surface area (Å²) in [6.07, 6.45) is 0.751. The van der Waals surface area contributed by atoms with Gasteiger partial charge < -0.3 is 10.4 Å². The summed E-state index contributed by atoms with van der Waals surface area (Å²) in [5.74, 6) is -0.577. The Labute approximate surface area is 126 Å². The first-order chi connectivity index (χ1) is 9.36. The molecule has 0 fully saturated rings. The van der Waals surface area contributed by atoms with Gasteiger partial charge in [-0.25, -0.2) is 4.79 Å². The maximum absolute atomic E-state index is 11.0. The number of aryl methyl sites for hydroxylation is 2. The van der Waals surface area contributed by atoms with Crippen LogP contribution in [0.4, 0.5) is 0 Å². The summed E-state index contributed by atoms with van der Waals surface area (Å²) in [6.45, 7) is 3.27. The molecule has 2 N–H and O–H groups in total. The molecule has 1 aromatic heterocycles. The highest BCUT2D eigenvalue weighted by Gasteiger charge is 2.19. The molecule has 0 radical (unpaired) electrons. The smallest absolute Gasteiger partial charge is 0.327 e. The van der Waals surface area contributed by atoms with E-state index in [1.54, 1.807) is 4.68 Å². The van der Waals surface area contributed by atoms with Gasteiger partial charge in [-0.05, 0) is 6.42 Å². The van der Waals surface area contributed by atoms with E-state index >= 15 is 0 Å². The SMILES string of the molecule is CCc1nn(C)c(CSC[C@H](NC(C)=O)C(=O)O)c1Cl. The predicted molar refractivity (Wildman–Crippen MR) is 79.0 cm³/mol. The minimum absolute atomic E-state index is 0.276. The van der Waals surface area contributed by atoms with Crippen LogP contribution in [0.2, 0.25) is 5.02 Å². The lowest BCUT2D eigenvalue weighted by Crippen LogP contribution is -2.41. The maximum atomic E-state index is 11.0. The average Bonchev–Trinajstić information content (AvgIpc) is 2.63. The quantitative estimate of drug-likeness (QED) is 0.795. The van der Waals surface area contributed by atoms with E-state index in [1.807, 2.05) is 14.0 Å². The number of thioether (sulfide) groups is 1. The van der Waals surface area contributed by atoms with Crippen molar-refractivity contribution in [1.82, 2.24) is 15.1 Å². The minimum Gasteiger partial charge on any atom is -0.480 e. The van der Waals surface area contributed by atoms with Gasteiger partial charge in [-0.3, -0.25) is 9.48 Å². The third-order valence-corrected chi connectivity index (χ3v) is 4.18. The van der Waals surface area contributed by atoms with E-state index < -0.39 is 12.0 Å². The summed E-state index contributed by atoms with van der Waals surface area (Å²) in [6, 6.07) is -0.893. The molecular formula is C12H18ClN3O3S. The van der Waals surface area contributed by atoms with Crippen molar-refractivity contribution in [2.75, 3.05) is 5.75 Å². The van der Waals surface area contributed by atoms with Crippen molar-refractivity contribution in [2.45, 2.75) is 32.1 Å². The van der Waals surface area contributed by atoms with Crippen LogP contribution in [0.1, 0.15) is 25.2 Å². The minimum atomic E-state index is -1.04. The Morgan fingerprint density at radius 2 is 2.20 bits per heavy atom. The zero-order valence-corrected chi connectivity index (χ0v) is 13.2. The Balaban J connectivity index is 2.61. The van der Waals surface area contributed by atoms with Gasteiger partial charge in [0.25, 0.3) is 0 Å². The first kappa shape index (κ1) is 16.8. The summed E-state index contributed by atoms with van der Waals surface area (Å²) in [5.41, 5.74) is 1.70. The molecule has 1 rings (SSSR count). The molecule has 112 valence electrons. The van der Waals surface area contributed by atoms with Crippen LogP contribution >= 0.6 is 23.4 Å². The van der Waals surface area contributed by atoms with Gasteiger partial charge >= 0.3 is 5.97 Å². The number of hydrogen-bond acceptors (Lipinski definition) is 4. The van der Waals surface area contributed by atoms with Gasteiger partial charge in [0.1, 0.15) is 6.04 Å². The van der Waals surface area contributed by atoms with E-state index in [1.165, 1.54) is 18.7 Å². The van der Waals surface area contributed by atoms with Gasteiger partial charge in [0.2, 0.25) is 5.91 Å². The summed E-state index contributed by atoms with van der Waals surface area (Å²) in [5, 5.41) is 16.3. The maximum Gasteiger partial charge on any atom is 0.327 e. The lowest BCUT2D eigenvalue weighted by atomic mass is 10.3. The van der Waals surface area contributed by atoms with Crippen LogP contribution in [-0.2, 0) is 28.8 Å². The number of carbonyl (C=O) groups excluding carboxylic acids is 1. The molecular weight excluding hydrogens is 302 g/mol. The van der Waals surface area contributed by atoms with Crippen LogP contribution in [0.3, 0.4) is 0 Å². The Bertz CT molecular complexity index is 504. The van der Waals surface area contributed by atoms with Crippen molar-refractivity contribution < 1.29 is 14.7 Å². The van der Waals surface area contributed by atoms with Gasteiger partial charge in [-0.2, -0.15) is 16.9 Å². The van der Waals surface area contributed by atoms with Gasteiger partial charge in [0.05, 0.1) is 16.4 Å². The molecule has 0 unspecified atom stereocenters. The van der Waals surface area contributed by atoms with Gasteiger partial charge in [0, 0.05) is 25.5 Å². The zero-order valence-electron chi connectivity index (χ0n) is 11.6. The molecule has 1 atom stereocenters. The standard InChI is InChI=1S/C12H18ClN3O3S/c1-4-8-11(13)10(16(3)15-8)6-20-5-9(12(18)19)14-7(2)17/h9H,4-6H2,1-3H3,(H,14,17)(H,18,19)/t9-/m0/s1. The fourth-order valence-electron chi connectivity index (χ4n) is 1.67. The monoisotopic (exact) mass is 319 g/mol.